The van der Waals surface area contributed by atoms with Crippen molar-refractivity contribution in [3.05, 3.63) is 34.6 Å². The van der Waals surface area contributed by atoms with E-state index in [1.54, 1.807) is 0 Å². The van der Waals surface area contributed by atoms with Gasteiger partial charge in [-0.2, -0.15) is 0 Å². The van der Waals surface area contributed by atoms with Gasteiger partial charge in [-0.3, -0.25) is 9.69 Å². The van der Waals surface area contributed by atoms with Gasteiger partial charge in [-0.15, -0.1) is 0 Å². The Bertz CT molecular complexity index is 753. The number of halogens is 2. The molecule has 2 heterocycles. The van der Waals surface area contributed by atoms with Crippen LogP contribution < -0.4 is 0 Å². The van der Waals surface area contributed by atoms with E-state index < -0.39 is 27.7 Å². The predicted molar refractivity (Wildman–Crippen MR) is 88.3 cm³/mol. The van der Waals surface area contributed by atoms with Crippen LogP contribution in [-0.4, -0.2) is 49.0 Å². The van der Waals surface area contributed by atoms with Gasteiger partial charge in [0.2, 0.25) is 0 Å². The van der Waals surface area contributed by atoms with E-state index in [0.29, 0.717) is 31.5 Å². The van der Waals surface area contributed by atoms with Gasteiger partial charge in [-0.05, 0) is 48.9 Å². The molecule has 1 aromatic rings. The van der Waals surface area contributed by atoms with Gasteiger partial charge in [0.25, 0.3) is 0 Å². The lowest BCUT2D eigenvalue weighted by molar-refractivity contribution is -0.143. The average Bonchev–Trinajstić information content (AvgIpc) is 2.90. The Kier molecular flexibility index (Phi) is 4.61. The lowest BCUT2D eigenvalue weighted by Crippen LogP contribution is -2.38. The predicted octanol–water partition coefficient (Wildman–Crippen LogP) is 2.51. The number of carboxylic acids is 1. The number of aliphatic carboxylic acids is 1. The van der Waals surface area contributed by atoms with Crippen molar-refractivity contribution >= 4 is 27.4 Å². The molecular weight excluding hydrogens is 357 g/mol. The second-order valence-corrected chi connectivity index (χ2v) is 9.50. The molecule has 2 aliphatic heterocycles. The van der Waals surface area contributed by atoms with Crippen LogP contribution in [-0.2, 0) is 14.6 Å². The summed E-state index contributed by atoms with van der Waals surface area (Å²) < 4.78 is 37.0. The first-order valence-corrected chi connectivity index (χ1v) is 10.0. The van der Waals surface area contributed by atoms with Gasteiger partial charge < -0.3 is 5.11 Å². The Morgan fingerprint density at radius 2 is 1.96 bits per heavy atom. The monoisotopic (exact) mass is 375 g/mol. The highest BCUT2D eigenvalue weighted by atomic mass is 35.5. The summed E-state index contributed by atoms with van der Waals surface area (Å²) in [5, 5.41) is 9.58. The largest absolute Gasteiger partial charge is 0.480 e. The molecule has 0 radical (unpaired) electrons. The molecule has 0 saturated carbocycles. The first-order valence-electron chi connectivity index (χ1n) is 7.84. The zero-order valence-corrected chi connectivity index (χ0v) is 14.6. The molecule has 2 saturated heterocycles. The van der Waals surface area contributed by atoms with Crippen molar-refractivity contribution < 1.29 is 22.7 Å². The van der Waals surface area contributed by atoms with Crippen LogP contribution in [0.4, 0.5) is 4.39 Å². The second-order valence-electron chi connectivity index (χ2n) is 6.79. The Balaban J connectivity index is 1.81. The first-order chi connectivity index (χ1) is 11.2. The van der Waals surface area contributed by atoms with E-state index in [-0.39, 0.29) is 21.9 Å². The van der Waals surface area contributed by atoms with E-state index in [1.165, 1.54) is 12.1 Å². The van der Waals surface area contributed by atoms with Crippen molar-refractivity contribution in [2.45, 2.75) is 25.3 Å². The Labute approximate surface area is 145 Å². The van der Waals surface area contributed by atoms with Crippen molar-refractivity contribution in [3.8, 4) is 0 Å². The highest BCUT2D eigenvalue weighted by molar-refractivity contribution is 7.91. The number of rotatable bonds is 3. The summed E-state index contributed by atoms with van der Waals surface area (Å²) in [6, 6.07) is 3.11. The summed E-state index contributed by atoms with van der Waals surface area (Å²) in [4.78, 5) is 13.6. The van der Waals surface area contributed by atoms with Gasteiger partial charge >= 0.3 is 5.97 Å². The van der Waals surface area contributed by atoms with Crippen molar-refractivity contribution in [2.75, 3.05) is 24.6 Å². The van der Waals surface area contributed by atoms with Crippen LogP contribution in [0, 0.1) is 11.2 Å². The normalized spacial score (nSPS) is 24.1. The van der Waals surface area contributed by atoms with E-state index in [9.17, 15) is 22.7 Å². The molecule has 5 nitrogen and oxygen atoms in total. The molecule has 0 aliphatic carbocycles. The number of carboxylic acid groups (broad SMARTS) is 1. The Morgan fingerprint density at radius 3 is 2.54 bits per heavy atom. The highest BCUT2D eigenvalue weighted by Crippen LogP contribution is 2.43. The van der Waals surface area contributed by atoms with E-state index in [0.717, 1.165) is 12.5 Å². The molecule has 1 unspecified atom stereocenters. The Hall–Kier alpha value is -1.18. The van der Waals surface area contributed by atoms with Gasteiger partial charge in [0, 0.05) is 6.54 Å². The standard InChI is InChI=1S/C16H19ClFNO4S/c17-12-2-1-11(9-13(12)18)14(15(20)21)19-6-3-16(10-19)4-7-24(22,23)8-5-16/h1-2,9,14H,3-8,10H2,(H,20,21). The maximum absolute atomic E-state index is 13.7. The maximum Gasteiger partial charge on any atom is 0.325 e. The van der Waals surface area contributed by atoms with Crippen molar-refractivity contribution in [1.82, 2.24) is 4.90 Å². The summed E-state index contributed by atoms with van der Waals surface area (Å²) in [5.74, 6) is -1.36. The van der Waals surface area contributed by atoms with Crippen molar-refractivity contribution in [3.63, 3.8) is 0 Å². The van der Waals surface area contributed by atoms with Crippen LogP contribution in [0.5, 0.6) is 0 Å². The zero-order valence-electron chi connectivity index (χ0n) is 13.0. The molecule has 1 spiro atoms. The summed E-state index contributed by atoms with van der Waals surface area (Å²) in [6.07, 6.45) is 1.89. The number of likely N-dealkylation sites (tertiary alicyclic amines) is 1. The number of hydrogen-bond donors (Lipinski definition) is 1. The van der Waals surface area contributed by atoms with Crippen LogP contribution in [0.25, 0.3) is 0 Å². The number of hydrogen-bond acceptors (Lipinski definition) is 4. The van der Waals surface area contributed by atoms with E-state index in [2.05, 4.69) is 0 Å². The molecule has 1 aromatic carbocycles. The molecule has 2 aliphatic rings. The van der Waals surface area contributed by atoms with Crippen molar-refractivity contribution in [1.29, 1.82) is 0 Å². The topological polar surface area (TPSA) is 74.7 Å². The van der Waals surface area contributed by atoms with Crippen LogP contribution >= 0.6 is 11.6 Å². The summed E-state index contributed by atoms with van der Waals surface area (Å²) >= 11 is 5.68. The summed E-state index contributed by atoms with van der Waals surface area (Å²) in [6.45, 7) is 1.07. The minimum atomic E-state index is -2.96. The van der Waals surface area contributed by atoms with Crippen LogP contribution in [0.3, 0.4) is 0 Å². The Morgan fingerprint density at radius 1 is 1.29 bits per heavy atom. The maximum atomic E-state index is 13.7. The van der Waals surface area contributed by atoms with Gasteiger partial charge in [-0.25, -0.2) is 12.8 Å². The molecule has 2 fully saturated rings. The minimum Gasteiger partial charge on any atom is -0.480 e. The molecule has 1 N–H and O–H groups in total. The molecule has 8 heteroatoms. The van der Waals surface area contributed by atoms with Crippen LogP contribution in [0.1, 0.15) is 30.9 Å². The van der Waals surface area contributed by atoms with Crippen molar-refractivity contribution in [2.24, 2.45) is 5.41 Å². The van der Waals surface area contributed by atoms with E-state index in [1.807, 2.05) is 4.90 Å². The lowest BCUT2D eigenvalue weighted by atomic mass is 9.81. The van der Waals surface area contributed by atoms with Gasteiger partial charge in [0.05, 0.1) is 16.5 Å². The molecule has 1 atom stereocenters. The molecule has 24 heavy (non-hydrogen) atoms. The van der Waals surface area contributed by atoms with Gasteiger partial charge in [0.15, 0.2) is 0 Å². The number of sulfone groups is 1. The molecule has 0 amide bonds. The minimum absolute atomic E-state index is 0.0433. The molecule has 0 aromatic heterocycles. The zero-order chi connectivity index (χ0) is 17.5. The van der Waals surface area contributed by atoms with Gasteiger partial charge in [-0.1, -0.05) is 17.7 Å². The molecule has 3 rings (SSSR count). The molecule has 0 bridgehead atoms. The molecule has 132 valence electrons. The van der Waals surface area contributed by atoms with Crippen LogP contribution in [0.2, 0.25) is 5.02 Å². The smallest absolute Gasteiger partial charge is 0.325 e. The van der Waals surface area contributed by atoms with E-state index >= 15 is 0 Å². The fraction of sp³-hybridized carbons (Fsp3) is 0.562. The third-order valence-electron chi connectivity index (χ3n) is 5.21. The fourth-order valence-corrected chi connectivity index (χ4v) is 5.57. The third-order valence-corrected chi connectivity index (χ3v) is 7.17. The lowest BCUT2D eigenvalue weighted by Gasteiger charge is -2.34. The van der Waals surface area contributed by atoms with Crippen LogP contribution in [0.15, 0.2) is 18.2 Å². The fourth-order valence-electron chi connectivity index (χ4n) is 3.76. The number of nitrogens with zero attached hydrogens (tertiary/aromatic N) is 1. The first kappa shape index (κ1) is 17.6. The summed E-state index contributed by atoms with van der Waals surface area (Å²) in [7, 11) is -2.96. The number of benzene rings is 1. The van der Waals surface area contributed by atoms with E-state index in [4.69, 9.17) is 11.6 Å². The average molecular weight is 376 g/mol. The quantitative estimate of drug-likeness (QED) is 0.878. The summed E-state index contributed by atoms with van der Waals surface area (Å²) in [5.41, 5.74) is 0.203. The van der Waals surface area contributed by atoms with Gasteiger partial charge in [0.1, 0.15) is 21.7 Å². The molecular formula is C16H19ClFNO4S. The second kappa shape index (κ2) is 6.28. The highest BCUT2D eigenvalue weighted by Gasteiger charge is 2.45. The number of carbonyl (C=O) groups is 1. The third kappa shape index (κ3) is 3.43. The SMILES string of the molecule is O=C(O)C(c1ccc(Cl)c(F)c1)N1CCC2(CCS(=O)(=O)CC2)C1.